The van der Waals surface area contributed by atoms with Gasteiger partial charge in [-0.3, -0.25) is 10.1 Å². The first-order chi connectivity index (χ1) is 16.3. The van der Waals surface area contributed by atoms with Gasteiger partial charge in [0.15, 0.2) is 16.6 Å². The topological polar surface area (TPSA) is 97.8 Å². The molecule has 1 N–H and O–H groups in total. The zero-order valence-corrected chi connectivity index (χ0v) is 21.3. The summed E-state index contributed by atoms with van der Waals surface area (Å²) < 4.78 is 38.8. The van der Waals surface area contributed by atoms with Gasteiger partial charge in [-0.2, -0.15) is 4.31 Å². The molecule has 0 radical (unpaired) electrons. The summed E-state index contributed by atoms with van der Waals surface area (Å²) in [7, 11) is -0.478. The lowest BCUT2D eigenvalue weighted by Gasteiger charge is -2.20. The molecule has 10 heteroatoms. The summed E-state index contributed by atoms with van der Waals surface area (Å²) in [5.74, 6) is 0.824. The highest BCUT2D eigenvalue weighted by atomic mass is 32.2. The van der Waals surface area contributed by atoms with Crippen molar-refractivity contribution in [3.63, 3.8) is 0 Å². The molecule has 0 saturated heterocycles. The van der Waals surface area contributed by atoms with Gasteiger partial charge in [0.25, 0.3) is 0 Å². The van der Waals surface area contributed by atoms with Gasteiger partial charge in [0.1, 0.15) is 0 Å². The van der Waals surface area contributed by atoms with Crippen molar-refractivity contribution in [1.29, 1.82) is 0 Å². The van der Waals surface area contributed by atoms with E-state index in [1.54, 1.807) is 50.6 Å². The molecule has 0 aliphatic heterocycles. The Morgan fingerprint density at radius 1 is 1.06 bits per heavy atom. The summed E-state index contributed by atoms with van der Waals surface area (Å²) in [5.41, 5.74) is 1.40. The number of benzene rings is 2. The zero-order chi connectivity index (χ0) is 24.7. The molecule has 0 spiro atoms. The number of aromatic nitrogens is 1. The van der Waals surface area contributed by atoms with E-state index in [4.69, 9.17) is 9.47 Å². The number of carbonyl (C=O) groups excluding carboxylic acids is 1. The zero-order valence-electron chi connectivity index (χ0n) is 19.7. The number of amides is 1. The van der Waals surface area contributed by atoms with Crippen LogP contribution in [0.25, 0.3) is 16.3 Å². The molecule has 0 unspecified atom stereocenters. The molecule has 1 amide bonds. The molecule has 2 aromatic carbocycles. The van der Waals surface area contributed by atoms with Crippen molar-refractivity contribution in [2.45, 2.75) is 31.6 Å². The molecule has 1 heterocycles. The molecule has 0 fully saturated rings. The standard InChI is InChI=1S/C24H29N3O5S2/c1-5-13-27(14-6-2)34(29,30)18-9-10-19-22(16-18)33-24(25-19)26-23(28)12-8-17-7-11-20(31-3)21(15-17)32-4/h7-12,15-16H,5-6,13-14H2,1-4H3,(H,25,26,28). The van der Waals surface area contributed by atoms with E-state index in [-0.39, 0.29) is 10.8 Å². The van der Waals surface area contributed by atoms with E-state index < -0.39 is 10.0 Å². The summed E-state index contributed by atoms with van der Waals surface area (Å²) in [6, 6.07) is 10.2. The van der Waals surface area contributed by atoms with Crippen LogP contribution in [0.3, 0.4) is 0 Å². The maximum atomic E-state index is 13.1. The molecule has 3 aromatic rings. The van der Waals surface area contributed by atoms with Crippen LogP contribution in [-0.4, -0.2) is 50.9 Å². The lowest BCUT2D eigenvalue weighted by Crippen LogP contribution is -2.32. The predicted octanol–water partition coefficient (Wildman–Crippen LogP) is 4.78. The van der Waals surface area contributed by atoms with Crippen LogP contribution < -0.4 is 14.8 Å². The second-order valence-electron chi connectivity index (χ2n) is 7.49. The second kappa shape index (κ2) is 11.5. The molecule has 8 nitrogen and oxygen atoms in total. The van der Waals surface area contributed by atoms with E-state index in [9.17, 15) is 13.2 Å². The quantitative estimate of drug-likeness (QED) is 0.378. The number of hydrogen-bond acceptors (Lipinski definition) is 7. The number of anilines is 1. The summed E-state index contributed by atoms with van der Waals surface area (Å²) in [6.45, 7) is 4.87. The second-order valence-corrected chi connectivity index (χ2v) is 10.5. The van der Waals surface area contributed by atoms with Crippen molar-refractivity contribution in [2.24, 2.45) is 0 Å². The van der Waals surface area contributed by atoms with Crippen LogP contribution in [0.5, 0.6) is 11.5 Å². The first-order valence-electron chi connectivity index (χ1n) is 10.9. The molecular formula is C24H29N3O5S2. The van der Waals surface area contributed by atoms with Gasteiger partial charge in [-0.05, 0) is 54.8 Å². The summed E-state index contributed by atoms with van der Waals surface area (Å²) in [4.78, 5) is 17.0. The highest BCUT2D eigenvalue weighted by Gasteiger charge is 2.23. The summed E-state index contributed by atoms with van der Waals surface area (Å²) >= 11 is 1.23. The van der Waals surface area contributed by atoms with E-state index in [0.717, 1.165) is 18.4 Å². The number of fused-ring (bicyclic) bond motifs is 1. The van der Waals surface area contributed by atoms with Crippen molar-refractivity contribution in [3.8, 4) is 11.5 Å². The summed E-state index contributed by atoms with van der Waals surface area (Å²) in [6.07, 6.45) is 4.55. The number of hydrogen-bond donors (Lipinski definition) is 1. The fourth-order valence-electron chi connectivity index (χ4n) is 3.39. The third-order valence-corrected chi connectivity index (χ3v) is 7.84. The van der Waals surface area contributed by atoms with Crippen LogP contribution in [0.2, 0.25) is 0 Å². The smallest absolute Gasteiger partial charge is 0.250 e. The van der Waals surface area contributed by atoms with Gasteiger partial charge in [0.2, 0.25) is 15.9 Å². The Bertz CT molecular complexity index is 1280. The number of thiazole rings is 1. The van der Waals surface area contributed by atoms with Crippen LogP contribution in [0.4, 0.5) is 5.13 Å². The van der Waals surface area contributed by atoms with Gasteiger partial charge in [-0.15, -0.1) is 0 Å². The molecule has 0 saturated carbocycles. The van der Waals surface area contributed by atoms with E-state index in [0.29, 0.717) is 39.9 Å². The van der Waals surface area contributed by atoms with Gasteiger partial charge in [-0.1, -0.05) is 31.3 Å². The molecular weight excluding hydrogens is 474 g/mol. The third kappa shape index (κ3) is 5.94. The minimum Gasteiger partial charge on any atom is -0.493 e. The Morgan fingerprint density at radius 3 is 2.41 bits per heavy atom. The van der Waals surface area contributed by atoms with Crippen molar-refractivity contribution < 1.29 is 22.7 Å². The normalized spacial score (nSPS) is 11.9. The predicted molar refractivity (Wildman–Crippen MR) is 136 cm³/mol. The Labute approximate surface area is 204 Å². The molecule has 34 heavy (non-hydrogen) atoms. The summed E-state index contributed by atoms with van der Waals surface area (Å²) in [5, 5.41) is 3.13. The van der Waals surface area contributed by atoms with Crippen LogP contribution in [0.1, 0.15) is 32.3 Å². The first kappa shape index (κ1) is 25.7. The van der Waals surface area contributed by atoms with Crippen molar-refractivity contribution in [1.82, 2.24) is 9.29 Å². The Balaban J connectivity index is 1.76. The fraction of sp³-hybridized carbons (Fsp3) is 0.333. The highest BCUT2D eigenvalue weighted by Crippen LogP contribution is 2.30. The Kier molecular flexibility index (Phi) is 8.65. The number of ether oxygens (including phenoxy) is 2. The lowest BCUT2D eigenvalue weighted by molar-refractivity contribution is -0.111. The maximum absolute atomic E-state index is 13.1. The molecule has 3 rings (SSSR count). The average molecular weight is 504 g/mol. The largest absolute Gasteiger partial charge is 0.493 e. The van der Waals surface area contributed by atoms with Gasteiger partial charge in [0.05, 0.1) is 29.3 Å². The van der Waals surface area contributed by atoms with Gasteiger partial charge < -0.3 is 9.47 Å². The Morgan fingerprint density at radius 2 is 1.76 bits per heavy atom. The molecule has 0 bridgehead atoms. The number of sulfonamides is 1. The lowest BCUT2D eigenvalue weighted by atomic mass is 10.2. The van der Waals surface area contributed by atoms with Crippen LogP contribution in [0, 0.1) is 0 Å². The minimum absolute atomic E-state index is 0.233. The van der Waals surface area contributed by atoms with Crippen molar-refractivity contribution in [2.75, 3.05) is 32.6 Å². The third-order valence-electron chi connectivity index (χ3n) is 5.01. The number of carbonyl (C=O) groups is 1. The number of methoxy groups -OCH3 is 2. The van der Waals surface area contributed by atoms with E-state index >= 15 is 0 Å². The van der Waals surface area contributed by atoms with E-state index in [1.807, 2.05) is 19.9 Å². The fourth-order valence-corrected chi connectivity index (χ4v) is 6.03. The highest BCUT2D eigenvalue weighted by molar-refractivity contribution is 7.89. The average Bonchev–Trinajstić information content (AvgIpc) is 3.23. The van der Waals surface area contributed by atoms with Crippen molar-refractivity contribution in [3.05, 3.63) is 48.0 Å². The molecule has 1 aromatic heterocycles. The number of nitrogens with one attached hydrogen (secondary N) is 1. The van der Waals surface area contributed by atoms with Gasteiger partial charge >= 0.3 is 0 Å². The number of rotatable bonds is 11. The maximum Gasteiger partial charge on any atom is 0.250 e. The molecule has 0 aliphatic carbocycles. The molecule has 0 atom stereocenters. The molecule has 0 aliphatic rings. The van der Waals surface area contributed by atoms with E-state index in [1.165, 1.54) is 21.7 Å². The van der Waals surface area contributed by atoms with Crippen LogP contribution in [-0.2, 0) is 14.8 Å². The van der Waals surface area contributed by atoms with Crippen molar-refractivity contribution >= 4 is 48.7 Å². The monoisotopic (exact) mass is 503 g/mol. The van der Waals surface area contributed by atoms with E-state index in [2.05, 4.69) is 10.3 Å². The van der Waals surface area contributed by atoms with Gasteiger partial charge in [0, 0.05) is 19.2 Å². The molecule has 182 valence electrons. The minimum atomic E-state index is -3.59. The first-order valence-corrected chi connectivity index (χ1v) is 13.2. The van der Waals surface area contributed by atoms with Crippen LogP contribution >= 0.6 is 11.3 Å². The van der Waals surface area contributed by atoms with Gasteiger partial charge in [-0.25, -0.2) is 13.4 Å². The SMILES string of the molecule is CCCN(CCC)S(=O)(=O)c1ccc2nc(NC(=O)C=Cc3ccc(OC)c(OC)c3)sc2c1. The number of nitrogens with zero attached hydrogens (tertiary/aromatic N) is 2. The Hall–Kier alpha value is -2.95. The van der Waals surface area contributed by atoms with Crippen LogP contribution in [0.15, 0.2) is 47.4 Å².